The number of fused-ring (bicyclic) bond motifs is 1. The van der Waals surface area contributed by atoms with Crippen LogP contribution in [0.25, 0.3) is 10.9 Å². The highest BCUT2D eigenvalue weighted by Crippen LogP contribution is 2.37. The number of hydrogen-bond donors (Lipinski definition) is 2. The smallest absolute Gasteiger partial charge is 0.250 e. The fourth-order valence-corrected chi connectivity index (χ4v) is 7.12. The molecule has 0 aliphatic carbocycles. The zero-order valence-electron chi connectivity index (χ0n) is 12.9. The highest BCUT2D eigenvalue weighted by Gasteiger charge is 2.18. The van der Waals surface area contributed by atoms with Gasteiger partial charge in [-0.25, -0.2) is 13.1 Å². The Bertz CT molecular complexity index is 1090. The van der Waals surface area contributed by atoms with Gasteiger partial charge in [-0.15, -0.1) is 22.7 Å². The van der Waals surface area contributed by atoms with Crippen LogP contribution in [0.15, 0.2) is 72.7 Å². The summed E-state index contributed by atoms with van der Waals surface area (Å²) in [4.78, 5) is 3.16. The van der Waals surface area contributed by atoms with E-state index in [9.17, 15) is 8.42 Å². The fourth-order valence-electron chi connectivity index (χ4n) is 2.45. The molecule has 0 saturated carbocycles. The van der Waals surface area contributed by atoms with Crippen molar-refractivity contribution in [3.63, 3.8) is 0 Å². The van der Waals surface area contributed by atoms with Crippen LogP contribution in [0.4, 0.5) is 0 Å². The van der Waals surface area contributed by atoms with Gasteiger partial charge in [0.2, 0.25) is 10.0 Å². The SMILES string of the molecule is O=S(=O)(NCc1c[nH]c2ccccc12)c1ccc(Sc2cccs2)s1. The number of hydrogen-bond acceptors (Lipinski definition) is 5. The van der Waals surface area contributed by atoms with Gasteiger partial charge in [-0.2, -0.15) is 0 Å². The lowest BCUT2D eigenvalue weighted by molar-refractivity contribution is 0.583. The van der Waals surface area contributed by atoms with E-state index < -0.39 is 10.0 Å². The number of sulfonamides is 1. The van der Waals surface area contributed by atoms with Gasteiger partial charge in [0, 0.05) is 23.6 Å². The van der Waals surface area contributed by atoms with Crippen molar-refractivity contribution in [3.05, 3.63) is 65.7 Å². The normalized spacial score (nSPS) is 12.0. The largest absolute Gasteiger partial charge is 0.361 e. The maximum absolute atomic E-state index is 12.6. The quantitative estimate of drug-likeness (QED) is 0.478. The van der Waals surface area contributed by atoms with Gasteiger partial charge in [0.25, 0.3) is 0 Å². The first-order chi connectivity index (χ1) is 12.1. The molecule has 0 atom stereocenters. The van der Waals surface area contributed by atoms with Crippen LogP contribution < -0.4 is 4.72 Å². The Kier molecular flexibility index (Phi) is 4.70. The summed E-state index contributed by atoms with van der Waals surface area (Å²) >= 11 is 4.52. The number of thiophene rings is 2. The summed E-state index contributed by atoms with van der Waals surface area (Å²) in [6.45, 7) is 0.262. The van der Waals surface area contributed by atoms with Gasteiger partial charge >= 0.3 is 0 Å². The molecule has 3 heterocycles. The van der Waals surface area contributed by atoms with Gasteiger partial charge in [-0.3, -0.25) is 0 Å². The van der Waals surface area contributed by atoms with E-state index in [1.807, 2.05) is 54.0 Å². The van der Waals surface area contributed by atoms with Crippen molar-refractivity contribution in [2.24, 2.45) is 0 Å². The van der Waals surface area contributed by atoms with Gasteiger partial charge in [0.1, 0.15) is 4.21 Å². The van der Waals surface area contributed by atoms with Crippen molar-refractivity contribution in [2.45, 2.75) is 19.2 Å². The zero-order chi connectivity index (χ0) is 17.3. The average Bonchev–Trinajstić information content (AvgIpc) is 3.34. The molecule has 0 radical (unpaired) electrons. The summed E-state index contributed by atoms with van der Waals surface area (Å²) in [7, 11) is -3.52. The number of aromatic amines is 1. The van der Waals surface area contributed by atoms with E-state index in [0.29, 0.717) is 4.21 Å². The predicted molar refractivity (Wildman–Crippen MR) is 105 cm³/mol. The summed E-state index contributed by atoms with van der Waals surface area (Å²) in [5.41, 5.74) is 1.94. The second-order valence-electron chi connectivity index (χ2n) is 5.29. The Hall–Kier alpha value is -1.58. The topological polar surface area (TPSA) is 62.0 Å². The van der Waals surface area contributed by atoms with Crippen LogP contribution in [0.5, 0.6) is 0 Å². The first-order valence-electron chi connectivity index (χ1n) is 7.48. The molecular weight excluding hydrogens is 392 g/mol. The molecule has 1 aromatic carbocycles. The first-order valence-corrected chi connectivity index (χ1v) is 11.5. The molecule has 128 valence electrons. The third-order valence-corrected chi connectivity index (χ3v) is 8.79. The lowest BCUT2D eigenvalue weighted by atomic mass is 10.2. The number of benzene rings is 1. The van der Waals surface area contributed by atoms with E-state index in [1.165, 1.54) is 11.3 Å². The number of nitrogens with one attached hydrogen (secondary N) is 2. The van der Waals surface area contributed by atoms with E-state index >= 15 is 0 Å². The number of para-hydroxylation sites is 1. The molecule has 0 spiro atoms. The fraction of sp³-hybridized carbons (Fsp3) is 0.0588. The zero-order valence-corrected chi connectivity index (χ0v) is 16.2. The Labute approximate surface area is 158 Å². The van der Waals surface area contributed by atoms with Crippen molar-refractivity contribution in [1.29, 1.82) is 0 Å². The van der Waals surface area contributed by atoms with Crippen molar-refractivity contribution in [2.75, 3.05) is 0 Å². The highest BCUT2D eigenvalue weighted by molar-refractivity contribution is 8.03. The van der Waals surface area contributed by atoms with E-state index in [-0.39, 0.29) is 6.54 Å². The van der Waals surface area contributed by atoms with Crippen LogP contribution in [0.1, 0.15) is 5.56 Å². The van der Waals surface area contributed by atoms with Gasteiger partial charge in [0.15, 0.2) is 0 Å². The van der Waals surface area contributed by atoms with E-state index in [2.05, 4.69) is 9.71 Å². The molecule has 25 heavy (non-hydrogen) atoms. The minimum absolute atomic E-state index is 0.262. The molecule has 0 amide bonds. The molecule has 8 heteroatoms. The summed E-state index contributed by atoms with van der Waals surface area (Å²) in [5.74, 6) is 0. The van der Waals surface area contributed by atoms with E-state index in [4.69, 9.17) is 0 Å². The molecule has 4 nitrogen and oxygen atoms in total. The van der Waals surface area contributed by atoms with Crippen molar-refractivity contribution in [3.8, 4) is 0 Å². The summed E-state index contributed by atoms with van der Waals surface area (Å²) in [5, 5.41) is 3.04. The molecule has 0 bridgehead atoms. The van der Waals surface area contributed by atoms with Gasteiger partial charge < -0.3 is 4.98 Å². The van der Waals surface area contributed by atoms with Crippen molar-refractivity contribution >= 4 is 55.4 Å². The molecule has 4 rings (SSSR count). The first kappa shape index (κ1) is 16.9. The lowest BCUT2D eigenvalue weighted by Gasteiger charge is -2.04. The summed E-state index contributed by atoms with van der Waals surface area (Å²) in [6.07, 6.45) is 1.85. The minimum atomic E-state index is -3.52. The lowest BCUT2D eigenvalue weighted by Crippen LogP contribution is -2.22. The van der Waals surface area contributed by atoms with Crippen LogP contribution >= 0.6 is 34.4 Å². The molecule has 0 unspecified atom stereocenters. The molecule has 2 N–H and O–H groups in total. The highest BCUT2D eigenvalue weighted by atomic mass is 32.3. The Balaban J connectivity index is 1.49. The monoisotopic (exact) mass is 406 g/mol. The number of H-pyrrole nitrogens is 1. The van der Waals surface area contributed by atoms with Crippen molar-refractivity contribution < 1.29 is 8.42 Å². The Morgan fingerprint density at radius 2 is 1.92 bits per heavy atom. The number of rotatable bonds is 6. The maximum Gasteiger partial charge on any atom is 0.250 e. The van der Waals surface area contributed by atoms with E-state index in [1.54, 1.807) is 29.2 Å². The standard InChI is InChI=1S/C17H14N2O2S4/c20-25(21,17-8-7-16(24-17)23-15-6-3-9-22-15)19-11-12-10-18-14-5-2-1-4-13(12)14/h1-10,18-19H,11H2. The molecule has 0 saturated heterocycles. The van der Waals surface area contributed by atoms with Crippen LogP contribution in [-0.4, -0.2) is 13.4 Å². The van der Waals surface area contributed by atoms with Gasteiger partial charge in [-0.05, 0) is 35.2 Å². The molecule has 3 aromatic heterocycles. The summed E-state index contributed by atoms with van der Waals surface area (Å²) < 4.78 is 30.3. The molecular formula is C17H14N2O2S4. The van der Waals surface area contributed by atoms with Crippen LogP contribution in [0.2, 0.25) is 0 Å². The van der Waals surface area contributed by atoms with Crippen LogP contribution in [-0.2, 0) is 16.6 Å². The van der Waals surface area contributed by atoms with Gasteiger partial charge in [-0.1, -0.05) is 36.0 Å². The molecule has 4 aromatic rings. The van der Waals surface area contributed by atoms with Crippen LogP contribution in [0, 0.1) is 0 Å². The van der Waals surface area contributed by atoms with Crippen molar-refractivity contribution in [1.82, 2.24) is 9.71 Å². The number of aromatic nitrogens is 1. The molecule has 0 fully saturated rings. The minimum Gasteiger partial charge on any atom is -0.361 e. The summed E-state index contributed by atoms with van der Waals surface area (Å²) in [6, 6.07) is 15.4. The maximum atomic E-state index is 12.6. The van der Waals surface area contributed by atoms with Crippen LogP contribution in [0.3, 0.4) is 0 Å². The predicted octanol–water partition coefficient (Wildman–Crippen LogP) is 4.92. The third kappa shape index (κ3) is 3.68. The molecule has 0 aliphatic rings. The second-order valence-corrected chi connectivity index (χ2v) is 10.9. The Morgan fingerprint density at radius 1 is 1.04 bits per heavy atom. The second kappa shape index (κ2) is 6.97. The molecule has 0 aliphatic heterocycles. The van der Waals surface area contributed by atoms with Gasteiger partial charge in [0.05, 0.1) is 8.42 Å². The third-order valence-electron chi connectivity index (χ3n) is 3.65. The van der Waals surface area contributed by atoms with E-state index in [0.717, 1.165) is 24.9 Å². The average molecular weight is 407 g/mol. The Morgan fingerprint density at radius 3 is 2.76 bits per heavy atom.